The van der Waals surface area contributed by atoms with Gasteiger partial charge in [-0.05, 0) is 35.9 Å². The number of nitrogens with two attached hydrogens (primary N) is 1. The van der Waals surface area contributed by atoms with E-state index in [1.165, 1.54) is 12.1 Å². The summed E-state index contributed by atoms with van der Waals surface area (Å²) in [7, 11) is 0. The molecule has 104 valence electrons. The molecule has 3 rings (SSSR count). The molecule has 0 saturated heterocycles. The molecule has 2 aromatic carbocycles. The summed E-state index contributed by atoms with van der Waals surface area (Å²) in [5.41, 5.74) is 7.89. The average Bonchev–Trinajstić information content (AvgIpc) is 2.94. The first-order valence-electron chi connectivity index (χ1n) is 6.34. The summed E-state index contributed by atoms with van der Waals surface area (Å²) in [4.78, 5) is 4.20. The first-order chi connectivity index (χ1) is 10.2. The van der Waals surface area contributed by atoms with E-state index in [9.17, 15) is 4.39 Å². The van der Waals surface area contributed by atoms with Crippen molar-refractivity contribution in [1.29, 1.82) is 0 Å². The Hall–Kier alpha value is -2.95. The number of hydrogen-bond donors (Lipinski definition) is 1. The minimum Gasteiger partial charge on any atom is -0.399 e. The molecule has 0 atom stereocenters. The fourth-order valence-electron chi connectivity index (χ4n) is 1.88. The third-order valence-corrected chi connectivity index (χ3v) is 2.85. The van der Waals surface area contributed by atoms with Gasteiger partial charge in [0.2, 0.25) is 5.82 Å². The van der Waals surface area contributed by atoms with Crippen LogP contribution in [0.4, 0.5) is 10.1 Å². The van der Waals surface area contributed by atoms with Crippen LogP contribution in [0.3, 0.4) is 0 Å². The van der Waals surface area contributed by atoms with Crippen LogP contribution < -0.4 is 5.73 Å². The maximum absolute atomic E-state index is 13.2. The molecule has 1 aromatic heterocycles. The predicted molar refractivity (Wildman–Crippen MR) is 79.5 cm³/mol. The molecule has 0 bridgehead atoms. The molecule has 21 heavy (non-hydrogen) atoms. The van der Waals surface area contributed by atoms with Crippen molar-refractivity contribution in [3.05, 3.63) is 65.8 Å². The Morgan fingerprint density at radius 3 is 2.71 bits per heavy atom. The van der Waals surface area contributed by atoms with Crippen LogP contribution in [0.15, 0.2) is 53.1 Å². The molecule has 0 aliphatic heterocycles. The van der Waals surface area contributed by atoms with Crippen molar-refractivity contribution in [2.24, 2.45) is 0 Å². The normalized spacial score (nSPS) is 11.1. The summed E-state index contributed by atoms with van der Waals surface area (Å²) in [6.45, 7) is 0. The lowest BCUT2D eigenvalue weighted by Gasteiger charge is -1.94. The molecular formula is C16H12FN3O. The van der Waals surface area contributed by atoms with Crippen molar-refractivity contribution in [2.45, 2.75) is 0 Å². The van der Waals surface area contributed by atoms with Crippen LogP contribution in [-0.2, 0) is 0 Å². The molecular weight excluding hydrogens is 269 g/mol. The fourth-order valence-corrected chi connectivity index (χ4v) is 1.88. The van der Waals surface area contributed by atoms with Crippen molar-refractivity contribution < 1.29 is 8.91 Å². The van der Waals surface area contributed by atoms with E-state index < -0.39 is 0 Å². The number of anilines is 1. The molecule has 2 N–H and O–H groups in total. The Bertz CT molecular complexity index is 795. The lowest BCUT2D eigenvalue weighted by molar-refractivity contribution is 0.411. The van der Waals surface area contributed by atoms with Crippen LogP contribution in [0.25, 0.3) is 23.5 Å². The van der Waals surface area contributed by atoms with Crippen molar-refractivity contribution in [3.8, 4) is 11.4 Å². The maximum atomic E-state index is 13.2. The summed E-state index contributed by atoms with van der Waals surface area (Å²) in [5.74, 6) is 0.354. The summed E-state index contributed by atoms with van der Waals surface area (Å²) in [5, 5.41) is 3.83. The van der Waals surface area contributed by atoms with Crippen LogP contribution in [-0.4, -0.2) is 10.1 Å². The van der Waals surface area contributed by atoms with E-state index in [0.717, 1.165) is 5.56 Å². The Labute approximate surface area is 120 Å². The predicted octanol–water partition coefficient (Wildman–Crippen LogP) is 3.63. The lowest BCUT2D eigenvalue weighted by atomic mass is 10.2. The molecule has 0 unspecified atom stereocenters. The van der Waals surface area contributed by atoms with Gasteiger partial charge in [-0.3, -0.25) is 0 Å². The number of rotatable bonds is 3. The molecule has 0 aliphatic carbocycles. The van der Waals surface area contributed by atoms with Gasteiger partial charge >= 0.3 is 0 Å². The van der Waals surface area contributed by atoms with Crippen molar-refractivity contribution in [1.82, 2.24) is 10.1 Å². The molecule has 3 aromatic rings. The van der Waals surface area contributed by atoms with E-state index in [4.69, 9.17) is 10.3 Å². The van der Waals surface area contributed by atoms with E-state index in [1.54, 1.807) is 18.2 Å². The number of halogens is 1. The van der Waals surface area contributed by atoms with Gasteiger partial charge in [-0.2, -0.15) is 4.98 Å². The smallest absolute Gasteiger partial charge is 0.250 e. The number of benzene rings is 2. The molecule has 0 aliphatic rings. The van der Waals surface area contributed by atoms with Gasteiger partial charge < -0.3 is 10.3 Å². The van der Waals surface area contributed by atoms with Crippen LogP contribution in [0.2, 0.25) is 0 Å². The first-order valence-corrected chi connectivity index (χ1v) is 6.34. The highest BCUT2D eigenvalue weighted by Gasteiger charge is 2.07. The number of nitrogen functional groups attached to an aromatic ring is 1. The highest BCUT2D eigenvalue weighted by atomic mass is 19.1. The van der Waals surface area contributed by atoms with E-state index >= 15 is 0 Å². The van der Waals surface area contributed by atoms with Crippen molar-refractivity contribution >= 4 is 17.8 Å². The van der Waals surface area contributed by atoms with Gasteiger partial charge in [0.15, 0.2) is 0 Å². The topological polar surface area (TPSA) is 64.9 Å². The Morgan fingerprint density at radius 1 is 1.05 bits per heavy atom. The summed E-state index contributed by atoms with van der Waals surface area (Å²) < 4.78 is 18.3. The van der Waals surface area contributed by atoms with Gasteiger partial charge in [0, 0.05) is 17.3 Å². The summed E-state index contributed by atoms with van der Waals surface area (Å²) >= 11 is 0. The van der Waals surface area contributed by atoms with Crippen LogP contribution in [0, 0.1) is 5.82 Å². The highest BCUT2D eigenvalue weighted by Crippen LogP contribution is 2.18. The van der Waals surface area contributed by atoms with E-state index in [0.29, 0.717) is 23.0 Å². The number of aromatic nitrogens is 2. The highest BCUT2D eigenvalue weighted by molar-refractivity contribution is 5.68. The zero-order valence-electron chi connectivity index (χ0n) is 11.0. The quantitative estimate of drug-likeness (QED) is 0.744. The van der Waals surface area contributed by atoms with E-state index in [-0.39, 0.29) is 5.82 Å². The van der Waals surface area contributed by atoms with E-state index in [2.05, 4.69) is 10.1 Å². The number of nitrogens with zero attached hydrogens (tertiary/aromatic N) is 2. The summed E-state index contributed by atoms with van der Waals surface area (Å²) in [6, 6.07) is 13.5. The Morgan fingerprint density at radius 2 is 1.90 bits per heavy atom. The SMILES string of the molecule is Nc1cccc(/C=C/c2nc(-c3cccc(F)c3)no2)c1. The third-order valence-electron chi connectivity index (χ3n) is 2.85. The molecule has 0 saturated carbocycles. The standard InChI is InChI=1S/C16H12FN3O/c17-13-5-2-4-12(10-13)16-19-15(21-20-16)8-7-11-3-1-6-14(18)9-11/h1-10H,18H2/b8-7+. The zero-order chi connectivity index (χ0) is 14.7. The second-order valence-corrected chi connectivity index (χ2v) is 4.47. The largest absolute Gasteiger partial charge is 0.399 e. The van der Waals surface area contributed by atoms with Gasteiger partial charge in [0.25, 0.3) is 5.89 Å². The number of hydrogen-bond acceptors (Lipinski definition) is 4. The van der Waals surface area contributed by atoms with Crippen molar-refractivity contribution in [3.63, 3.8) is 0 Å². The van der Waals surface area contributed by atoms with Crippen LogP contribution in [0.5, 0.6) is 0 Å². The monoisotopic (exact) mass is 281 g/mol. The zero-order valence-corrected chi connectivity index (χ0v) is 11.0. The Kier molecular flexibility index (Phi) is 3.47. The minimum absolute atomic E-state index is 0.339. The fraction of sp³-hybridized carbons (Fsp3) is 0. The van der Waals surface area contributed by atoms with Gasteiger partial charge in [0.1, 0.15) is 5.82 Å². The maximum Gasteiger partial charge on any atom is 0.250 e. The first kappa shape index (κ1) is 13.1. The lowest BCUT2D eigenvalue weighted by Crippen LogP contribution is -1.83. The van der Waals surface area contributed by atoms with E-state index in [1.807, 2.05) is 30.3 Å². The molecule has 0 radical (unpaired) electrons. The molecule has 5 heteroatoms. The van der Waals surface area contributed by atoms with Gasteiger partial charge in [-0.1, -0.05) is 29.4 Å². The van der Waals surface area contributed by atoms with Crippen LogP contribution in [0.1, 0.15) is 11.5 Å². The van der Waals surface area contributed by atoms with Crippen LogP contribution >= 0.6 is 0 Å². The van der Waals surface area contributed by atoms with Gasteiger partial charge in [-0.25, -0.2) is 4.39 Å². The van der Waals surface area contributed by atoms with Crippen molar-refractivity contribution in [2.75, 3.05) is 5.73 Å². The molecule has 0 amide bonds. The second-order valence-electron chi connectivity index (χ2n) is 4.47. The molecule has 0 fully saturated rings. The average molecular weight is 281 g/mol. The van der Waals surface area contributed by atoms with Gasteiger partial charge in [-0.15, -0.1) is 0 Å². The molecule has 0 spiro atoms. The molecule has 1 heterocycles. The Balaban J connectivity index is 1.82. The minimum atomic E-state index is -0.339. The third kappa shape index (κ3) is 3.14. The summed E-state index contributed by atoms with van der Waals surface area (Å²) in [6.07, 6.45) is 3.50. The van der Waals surface area contributed by atoms with Gasteiger partial charge in [0.05, 0.1) is 0 Å². The second kappa shape index (κ2) is 5.58. The molecule has 4 nitrogen and oxygen atoms in total.